The Labute approximate surface area is 105 Å². The Morgan fingerprint density at radius 2 is 2.12 bits per heavy atom. The smallest absolute Gasteiger partial charge is 0.126 e. The molecule has 0 radical (unpaired) electrons. The van der Waals surface area contributed by atoms with Crippen molar-refractivity contribution in [2.45, 2.75) is 26.8 Å². The molecule has 1 N–H and O–H groups in total. The third kappa shape index (κ3) is 2.82. The van der Waals surface area contributed by atoms with Crippen LogP contribution in [0.1, 0.15) is 29.2 Å². The molecule has 4 heteroatoms. The molecule has 2 rings (SSSR count). The first-order valence-electron chi connectivity index (χ1n) is 5.51. The molecule has 1 unspecified atom stereocenters. The lowest BCUT2D eigenvalue weighted by molar-refractivity contribution is 0.618. The molecule has 0 saturated carbocycles. The minimum absolute atomic E-state index is 0.129. The Balaban J connectivity index is 2.12. The third-order valence-corrected chi connectivity index (χ3v) is 3.41. The average Bonchev–Trinajstić information content (AvgIpc) is 2.70. The maximum Gasteiger partial charge on any atom is 0.126 e. The Kier molecular flexibility index (Phi) is 3.43. The van der Waals surface area contributed by atoms with Crippen LogP contribution in [0.5, 0.6) is 0 Å². The van der Waals surface area contributed by atoms with Crippen LogP contribution in [-0.4, -0.2) is 4.98 Å². The summed E-state index contributed by atoms with van der Waals surface area (Å²) in [4.78, 5) is 4.43. The van der Waals surface area contributed by atoms with E-state index in [0.29, 0.717) is 5.56 Å². The number of benzene rings is 1. The first-order valence-corrected chi connectivity index (χ1v) is 6.39. The summed E-state index contributed by atoms with van der Waals surface area (Å²) in [5.41, 5.74) is 2.59. The average molecular weight is 250 g/mol. The van der Waals surface area contributed by atoms with E-state index < -0.39 is 0 Å². The van der Waals surface area contributed by atoms with Crippen LogP contribution in [0.3, 0.4) is 0 Å². The highest BCUT2D eigenvalue weighted by molar-refractivity contribution is 7.09. The zero-order valence-electron chi connectivity index (χ0n) is 10.1. The molecule has 1 aromatic carbocycles. The number of anilines is 1. The number of hydrogen-bond donors (Lipinski definition) is 1. The zero-order chi connectivity index (χ0) is 12.4. The lowest BCUT2D eigenvalue weighted by Gasteiger charge is -2.13. The van der Waals surface area contributed by atoms with Gasteiger partial charge in [-0.3, -0.25) is 0 Å². The minimum Gasteiger partial charge on any atom is -0.377 e. The van der Waals surface area contributed by atoms with Crippen molar-refractivity contribution in [3.05, 3.63) is 45.7 Å². The number of halogens is 1. The molecule has 1 heterocycles. The molecule has 2 aromatic rings. The van der Waals surface area contributed by atoms with Crippen molar-refractivity contribution in [1.82, 2.24) is 4.98 Å². The first-order chi connectivity index (χ1) is 8.06. The molecule has 0 aliphatic heterocycles. The van der Waals surface area contributed by atoms with Crippen LogP contribution in [0.15, 0.2) is 23.6 Å². The van der Waals surface area contributed by atoms with Gasteiger partial charge in [0.15, 0.2) is 0 Å². The summed E-state index contributed by atoms with van der Waals surface area (Å²) in [7, 11) is 0. The van der Waals surface area contributed by atoms with E-state index in [-0.39, 0.29) is 11.9 Å². The summed E-state index contributed by atoms with van der Waals surface area (Å²) in [6.45, 7) is 5.80. The standard InChI is InChI=1S/C13H15FN2S/c1-8-6-11(4-5-12(8)14)15-9(2)13-7-17-10(3)16-13/h4-7,9,15H,1-3H3. The fourth-order valence-corrected chi connectivity index (χ4v) is 2.34. The van der Waals surface area contributed by atoms with Gasteiger partial charge in [0.1, 0.15) is 5.82 Å². The molecule has 0 spiro atoms. The Morgan fingerprint density at radius 3 is 2.71 bits per heavy atom. The number of rotatable bonds is 3. The van der Waals surface area contributed by atoms with Gasteiger partial charge in [0, 0.05) is 11.1 Å². The molecule has 0 amide bonds. The van der Waals surface area contributed by atoms with Crippen LogP contribution < -0.4 is 5.32 Å². The van der Waals surface area contributed by atoms with Crippen molar-refractivity contribution in [1.29, 1.82) is 0 Å². The third-order valence-electron chi connectivity index (χ3n) is 2.62. The van der Waals surface area contributed by atoms with Crippen LogP contribution in [-0.2, 0) is 0 Å². The maximum absolute atomic E-state index is 13.1. The van der Waals surface area contributed by atoms with Gasteiger partial charge in [-0.2, -0.15) is 0 Å². The number of aryl methyl sites for hydroxylation is 2. The molecule has 0 fully saturated rings. The van der Waals surface area contributed by atoms with Gasteiger partial charge in [-0.15, -0.1) is 11.3 Å². The summed E-state index contributed by atoms with van der Waals surface area (Å²) < 4.78 is 13.1. The van der Waals surface area contributed by atoms with Crippen LogP contribution in [0.2, 0.25) is 0 Å². The Bertz CT molecular complexity index is 522. The van der Waals surface area contributed by atoms with Crippen molar-refractivity contribution in [2.24, 2.45) is 0 Å². The highest BCUT2D eigenvalue weighted by Crippen LogP contribution is 2.22. The topological polar surface area (TPSA) is 24.9 Å². The monoisotopic (exact) mass is 250 g/mol. The lowest BCUT2D eigenvalue weighted by atomic mass is 10.2. The number of hydrogen-bond acceptors (Lipinski definition) is 3. The molecule has 0 aliphatic carbocycles. The maximum atomic E-state index is 13.1. The normalized spacial score (nSPS) is 12.5. The SMILES string of the molecule is Cc1nc(C(C)Nc2ccc(F)c(C)c2)cs1. The molecule has 1 aromatic heterocycles. The lowest BCUT2D eigenvalue weighted by Crippen LogP contribution is -2.07. The molecule has 2 nitrogen and oxygen atoms in total. The van der Waals surface area contributed by atoms with Gasteiger partial charge in [-0.1, -0.05) is 0 Å². The van der Waals surface area contributed by atoms with Crippen LogP contribution in [0, 0.1) is 19.7 Å². The summed E-state index contributed by atoms with van der Waals surface area (Å²) in [6.07, 6.45) is 0. The summed E-state index contributed by atoms with van der Waals surface area (Å²) in [5.74, 6) is -0.173. The molecule has 0 bridgehead atoms. The summed E-state index contributed by atoms with van der Waals surface area (Å²) in [6, 6.07) is 5.17. The van der Waals surface area contributed by atoms with Crippen molar-refractivity contribution < 1.29 is 4.39 Å². The van der Waals surface area contributed by atoms with E-state index in [1.54, 1.807) is 24.3 Å². The summed E-state index contributed by atoms with van der Waals surface area (Å²) in [5, 5.41) is 6.42. The molecular weight excluding hydrogens is 235 g/mol. The van der Waals surface area contributed by atoms with Crippen molar-refractivity contribution in [3.63, 3.8) is 0 Å². The molecule has 17 heavy (non-hydrogen) atoms. The number of thiazole rings is 1. The molecule has 1 atom stereocenters. The van der Waals surface area contributed by atoms with Gasteiger partial charge in [0.2, 0.25) is 0 Å². The van der Waals surface area contributed by atoms with Crippen LogP contribution in [0.4, 0.5) is 10.1 Å². The largest absolute Gasteiger partial charge is 0.377 e. The van der Waals surface area contributed by atoms with Crippen LogP contribution in [0.25, 0.3) is 0 Å². The number of aromatic nitrogens is 1. The first kappa shape index (κ1) is 12.0. The second-order valence-corrected chi connectivity index (χ2v) is 5.18. The fraction of sp³-hybridized carbons (Fsp3) is 0.308. The quantitative estimate of drug-likeness (QED) is 0.888. The Morgan fingerprint density at radius 1 is 1.35 bits per heavy atom. The van der Waals surface area contributed by atoms with Gasteiger partial charge < -0.3 is 5.32 Å². The van der Waals surface area contributed by atoms with Gasteiger partial charge in [0.05, 0.1) is 16.7 Å². The van der Waals surface area contributed by atoms with E-state index in [9.17, 15) is 4.39 Å². The van der Waals surface area contributed by atoms with E-state index in [0.717, 1.165) is 16.4 Å². The molecule has 90 valence electrons. The van der Waals surface area contributed by atoms with E-state index in [1.165, 1.54) is 6.07 Å². The molecule has 0 aliphatic rings. The minimum atomic E-state index is -0.173. The van der Waals surface area contributed by atoms with E-state index in [2.05, 4.69) is 10.3 Å². The highest BCUT2D eigenvalue weighted by atomic mass is 32.1. The predicted molar refractivity (Wildman–Crippen MR) is 70.0 cm³/mol. The van der Waals surface area contributed by atoms with Crippen LogP contribution >= 0.6 is 11.3 Å². The highest BCUT2D eigenvalue weighted by Gasteiger charge is 2.09. The fourth-order valence-electron chi connectivity index (χ4n) is 1.64. The van der Waals surface area contributed by atoms with E-state index in [4.69, 9.17) is 0 Å². The van der Waals surface area contributed by atoms with Gasteiger partial charge >= 0.3 is 0 Å². The molecule has 0 saturated heterocycles. The van der Waals surface area contributed by atoms with Crippen molar-refractivity contribution >= 4 is 17.0 Å². The van der Waals surface area contributed by atoms with Gasteiger partial charge in [-0.05, 0) is 44.5 Å². The second-order valence-electron chi connectivity index (χ2n) is 4.12. The number of nitrogens with one attached hydrogen (secondary N) is 1. The zero-order valence-corrected chi connectivity index (χ0v) is 10.9. The van der Waals surface area contributed by atoms with Crippen molar-refractivity contribution in [3.8, 4) is 0 Å². The van der Waals surface area contributed by atoms with Crippen molar-refractivity contribution in [2.75, 3.05) is 5.32 Å². The predicted octanol–water partition coefficient (Wildman–Crippen LogP) is 4.07. The van der Waals surface area contributed by atoms with E-state index in [1.807, 2.05) is 25.3 Å². The molecular formula is C13H15FN2S. The van der Waals surface area contributed by atoms with Gasteiger partial charge in [-0.25, -0.2) is 9.37 Å². The second kappa shape index (κ2) is 4.84. The number of nitrogens with zero attached hydrogens (tertiary/aromatic N) is 1. The Hall–Kier alpha value is -1.42. The van der Waals surface area contributed by atoms with Gasteiger partial charge in [0.25, 0.3) is 0 Å². The summed E-state index contributed by atoms with van der Waals surface area (Å²) >= 11 is 1.64. The van der Waals surface area contributed by atoms with E-state index >= 15 is 0 Å².